The van der Waals surface area contributed by atoms with Gasteiger partial charge in [0.1, 0.15) is 5.82 Å². The second kappa shape index (κ2) is 8.84. The van der Waals surface area contributed by atoms with E-state index in [1.807, 2.05) is 13.0 Å². The number of rotatable bonds is 7. The Labute approximate surface area is 166 Å². The molecule has 0 saturated carbocycles. The highest BCUT2D eigenvalue weighted by molar-refractivity contribution is 7.21. The zero-order chi connectivity index (χ0) is 20.1. The minimum Gasteiger partial charge on any atom is -0.491 e. The Kier molecular flexibility index (Phi) is 6.26. The second-order valence-corrected chi connectivity index (χ2v) is 7.22. The Hall–Kier alpha value is -2.93. The van der Waals surface area contributed by atoms with Crippen molar-refractivity contribution in [1.29, 1.82) is 0 Å². The molecule has 0 aliphatic carbocycles. The number of nitrogens with one attached hydrogen (secondary N) is 1. The molecule has 0 fully saturated rings. The first kappa shape index (κ1) is 19.8. The molecule has 7 heteroatoms. The third-order valence-corrected chi connectivity index (χ3v) is 5.13. The van der Waals surface area contributed by atoms with Crippen LogP contribution in [0.2, 0.25) is 0 Å². The van der Waals surface area contributed by atoms with Crippen LogP contribution >= 0.6 is 11.3 Å². The number of fused-ring (bicyclic) bond motifs is 1. The third-order valence-electron chi connectivity index (χ3n) is 4.00. The van der Waals surface area contributed by atoms with Gasteiger partial charge in [-0.1, -0.05) is 19.1 Å². The molecule has 0 aliphatic rings. The van der Waals surface area contributed by atoms with Gasteiger partial charge in [-0.25, -0.2) is 9.18 Å². The van der Waals surface area contributed by atoms with Gasteiger partial charge in [-0.3, -0.25) is 4.79 Å². The summed E-state index contributed by atoms with van der Waals surface area (Å²) in [6.45, 7) is 2.44. The molecule has 1 N–H and O–H groups in total. The molecule has 146 valence electrons. The van der Waals surface area contributed by atoms with E-state index in [4.69, 9.17) is 9.47 Å². The summed E-state index contributed by atoms with van der Waals surface area (Å²) in [7, 11) is 1.33. The highest BCUT2D eigenvalue weighted by atomic mass is 32.1. The highest BCUT2D eigenvalue weighted by Gasteiger charge is 2.21. The van der Waals surface area contributed by atoms with E-state index >= 15 is 0 Å². The smallest absolute Gasteiger partial charge is 0.351 e. The Morgan fingerprint density at radius 3 is 2.71 bits per heavy atom. The van der Waals surface area contributed by atoms with Crippen LogP contribution in [-0.2, 0) is 16.0 Å². The van der Waals surface area contributed by atoms with Crippen LogP contribution in [0.5, 0.6) is 5.75 Å². The molecule has 0 spiro atoms. The molecule has 28 heavy (non-hydrogen) atoms. The number of benzene rings is 2. The molecular weight excluding hydrogens is 381 g/mol. The average molecular weight is 401 g/mol. The van der Waals surface area contributed by atoms with E-state index in [1.54, 1.807) is 24.3 Å². The minimum absolute atomic E-state index is 0.0615. The van der Waals surface area contributed by atoms with Crippen LogP contribution in [0.15, 0.2) is 42.5 Å². The van der Waals surface area contributed by atoms with Crippen molar-refractivity contribution < 1.29 is 23.5 Å². The maximum atomic E-state index is 13.3. The number of carbonyl (C=O) groups is 2. The largest absolute Gasteiger partial charge is 0.491 e. The molecule has 3 aromatic rings. The zero-order valence-corrected chi connectivity index (χ0v) is 16.4. The molecule has 0 unspecified atom stereocenters. The van der Waals surface area contributed by atoms with Crippen molar-refractivity contribution in [2.45, 2.75) is 19.8 Å². The predicted molar refractivity (Wildman–Crippen MR) is 108 cm³/mol. The molecule has 0 atom stereocenters. The molecule has 0 bridgehead atoms. The average Bonchev–Trinajstić information content (AvgIpc) is 3.03. The number of hydrogen-bond donors (Lipinski definition) is 1. The standard InChI is InChI=1S/C21H20FNO4S/c1-3-9-27-19-16-12-15(7-8-17(16)28-20(19)21(25)26-2)23-18(24)11-13-5-4-6-14(22)10-13/h4-8,10,12H,3,9,11H2,1-2H3,(H,23,24). The van der Waals surface area contributed by atoms with Gasteiger partial charge in [0.25, 0.3) is 0 Å². The van der Waals surface area contributed by atoms with Crippen molar-refractivity contribution in [3.05, 3.63) is 58.7 Å². The summed E-state index contributed by atoms with van der Waals surface area (Å²) < 4.78 is 24.8. The summed E-state index contributed by atoms with van der Waals surface area (Å²) in [4.78, 5) is 24.8. The second-order valence-electron chi connectivity index (χ2n) is 6.17. The van der Waals surface area contributed by atoms with Gasteiger partial charge in [0, 0.05) is 15.8 Å². The first-order valence-corrected chi connectivity index (χ1v) is 9.65. The Bertz CT molecular complexity index is 1010. The Morgan fingerprint density at radius 2 is 2.00 bits per heavy atom. The van der Waals surface area contributed by atoms with Crippen LogP contribution in [0.4, 0.5) is 10.1 Å². The SMILES string of the molecule is CCCOc1c(C(=O)OC)sc2ccc(NC(=O)Cc3cccc(F)c3)cc12. The van der Waals surface area contributed by atoms with Crippen molar-refractivity contribution in [2.75, 3.05) is 19.0 Å². The Morgan fingerprint density at radius 1 is 1.18 bits per heavy atom. The number of thiophene rings is 1. The van der Waals surface area contributed by atoms with Gasteiger partial charge >= 0.3 is 5.97 Å². The maximum absolute atomic E-state index is 13.3. The van der Waals surface area contributed by atoms with Crippen LogP contribution in [0.3, 0.4) is 0 Å². The van der Waals surface area contributed by atoms with Crippen LogP contribution in [0.1, 0.15) is 28.6 Å². The number of carbonyl (C=O) groups excluding carboxylic acids is 2. The topological polar surface area (TPSA) is 64.6 Å². The molecular formula is C21H20FNO4S. The van der Waals surface area contributed by atoms with Crippen molar-refractivity contribution >= 4 is 39.0 Å². The first-order chi connectivity index (χ1) is 13.5. The lowest BCUT2D eigenvalue weighted by Crippen LogP contribution is -2.14. The number of halogens is 1. The van der Waals surface area contributed by atoms with Crippen LogP contribution in [0, 0.1) is 5.82 Å². The molecule has 3 rings (SSSR count). The van der Waals surface area contributed by atoms with Gasteiger partial charge in [-0.05, 0) is 42.3 Å². The van der Waals surface area contributed by atoms with E-state index in [1.165, 1.54) is 30.6 Å². The fraction of sp³-hybridized carbons (Fsp3) is 0.238. The summed E-state index contributed by atoms with van der Waals surface area (Å²) in [6.07, 6.45) is 0.855. The summed E-state index contributed by atoms with van der Waals surface area (Å²) in [5.41, 5.74) is 1.17. The quantitative estimate of drug-likeness (QED) is 0.578. The van der Waals surface area contributed by atoms with Crippen LogP contribution in [0.25, 0.3) is 10.1 Å². The third kappa shape index (κ3) is 4.48. The van der Waals surface area contributed by atoms with E-state index in [2.05, 4.69) is 5.32 Å². The van der Waals surface area contributed by atoms with Gasteiger partial charge < -0.3 is 14.8 Å². The summed E-state index contributed by atoms with van der Waals surface area (Å²) in [5, 5.41) is 3.55. The number of amides is 1. The van der Waals surface area contributed by atoms with E-state index in [9.17, 15) is 14.0 Å². The van der Waals surface area contributed by atoms with Gasteiger partial charge in [-0.2, -0.15) is 0 Å². The molecule has 2 aromatic carbocycles. The molecule has 5 nitrogen and oxygen atoms in total. The first-order valence-electron chi connectivity index (χ1n) is 8.83. The van der Waals surface area contributed by atoms with E-state index in [-0.39, 0.29) is 18.1 Å². The lowest BCUT2D eigenvalue weighted by atomic mass is 10.1. The van der Waals surface area contributed by atoms with Gasteiger partial charge in [0.2, 0.25) is 5.91 Å². The minimum atomic E-state index is -0.455. The predicted octanol–water partition coefficient (Wildman–Crippen LogP) is 4.80. The zero-order valence-electron chi connectivity index (χ0n) is 15.6. The van der Waals surface area contributed by atoms with E-state index in [0.29, 0.717) is 28.5 Å². The summed E-state index contributed by atoms with van der Waals surface area (Å²) in [6, 6.07) is 11.3. The monoisotopic (exact) mass is 401 g/mol. The lowest BCUT2D eigenvalue weighted by Gasteiger charge is -2.08. The molecule has 0 radical (unpaired) electrons. The number of esters is 1. The van der Waals surface area contributed by atoms with Gasteiger partial charge in [-0.15, -0.1) is 11.3 Å². The fourth-order valence-electron chi connectivity index (χ4n) is 2.76. The normalized spacial score (nSPS) is 10.7. The molecule has 0 aliphatic heterocycles. The molecule has 0 saturated heterocycles. The number of methoxy groups -OCH3 is 1. The summed E-state index contributed by atoms with van der Waals surface area (Å²) in [5.74, 6) is -0.624. The van der Waals surface area contributed by atoms with E-state index < -0.39 is 5.97 Å². The van der Waals surface area contributed by atoms with Gasteiger partial charge in [0.15, 0.2) is 10.6 Å². The van der Waals surface area contributed by atoms with Crippen molar-refractivity contribution in [1.82, 2.24) is 0 Å². The number of anilines is 1. The Balaban J connectivity index is 1.85. The molecule has 1 heterocycles. The highest BCUT2D eigenvalue weighted by Crippen LogP contribution is 2.39. The molecule has 1 aromatic heterocycles. The number of hydrogen-bond acceptors (Lipinski definition) is 5. The van der Waals surface area contributed by atoms with Crippen LogP contribution in [-0.4, -0.2) is 25.6 Å². The fourth-order valence-corrected chi connectivity index (χ4v) is 3.81. The van der Waals surface area contributed by atoms with Crippen molar-refractivity contribution in [3.8, 4) is 5.75 Å². The number of ether oxygens (including phenoxy) is 2. The lowest BCUT2D eigenvalue weighted by molar-refractivity contribution is -0.115. The van der Waals surface area contributed by atoms with Crippen molar-refractivity contribution in [3.63, 3.8) is 0 Å². The van der Waals surface area contributed by atoms with Crippen LogP contribution < -0.4 is 10.1 Å². The summed E-state index contributed by atoms with van der Waals surface area (Å²) >= 11 is 1.28. The maximum Gasteiger partial charge on any atom is 0.351 e. The van der Waals surface area contributed by atoms with Gasteiger partial charge in [0.05, 0.1) is 20.1 Å². The molecule has 1 amide bonds. The van der Waals surface area contributed by atoms with Crippen molar-refractivity contribution in [2.24, 2.45) is 0 Å². The van der Waals surface area contributed by atoms with E-state index in [0.717, 1.165) is 16.5 Å².